The fraction of sp³-hybridized carbons (Fsp3) is 0.111. The van der Waals surface area contributed by atoms with Gasteiger partial charge in [0.1, 0.15) is 5.65 Å². The van der Waals surface area contributed by atoms with Gasteiger partial charge in [-0.1, -0.05) is 6.07 Å². The molecule has 8 nitrogen and oxygen atoms in total. The van der Waals surface area contributed by atoms with E-state index in [-0.39, 0.29) is 11.3 Å². The molecule has 2 aromatic rings. The number of hydrogen-bond acceptors (Lipinski definition) is 4. The second kappa shape index (κ2) is 4.18. The molecule has 18 heavy (non-hydrogen) atoms. The fourth-order valence-electron chi connectivity index (χ4n) is 1.51. The number of aromatic nitrogens is 2. The molecule has 0 amide bonds. The van der Waals surface area contributed by atoms with Crippen LogP contribution >= 0.6 is 7.60 Å². The first-order chi connectivity index (χ1) is 8.30. The van der Waals surface area contributed by atoms with Crippen LogP contribution in [0.5, 0.6) is 0 Å². The summed E-state index contributed by atoms with van der Waals surface area (Å²) in [5, 5.41) is 18.2. The minimum Gasteiger partial charge on any atom is -0.479 e. The number of hydrogen-bond donors (Lipinski definition) is 4. The molecule has 0 aliphatic carbocycles. The van der Waals surface area contributed by atoms with Crippen LogP contribution in [-0.2, 0) is 9.36 Å². The number of carboxylic acids is 1. The van der Waals surface area contributed by atoms with E-state index >= 15 is 0 Å². The van der Waals surface area contributed by atoms with Gasteiger partial charge in [-0.25, -0.2) is 9.78 Å². The van der Waals surface area contributed by atoms with Gasteiger partial charge in [0.15, 0.2) is 11.5 Å². The topological polar surface area (TPSA) is 132 Å². The zero-order valence-corrected chi connectivity index (χ0v) is 9.73. The van der Waals surface area contributed by atoms with Gasteiger partial charge in [0, 0.05) is 6.20 Å². The lowest BCUT2D eigenvalue weighted by Gasteiger charge is -2.07. The summed E-state index contributed by atoms with van der Waals surface area (Å²) in [6, 6.07) is 4.21. The van der Waals surface area contributed by atoms with Crippen LogP contribution in [0.4, 0.5) is 0 Å². The van der Waals surface area contributed by atoms with Gasteiger partial charge in [0.2, 0.25) is 0 Å². The Labute approximate surface area is 100 Å². The van der Waals surface area contributed by atoms with Crippen LogP contribution < -0.4 is 5.44 Å². The van der Waals surface area contributed by atoms with Gasteiger partial charge in [-0.05, 0) is 12.1 Å². The number of aliphatic hydroxyl groups excluding tert-OH is 1. The van der Waals surface area contributed by atoms with Crippen LogP contribution in [0, 0.1) is 0 Å². The van der Waals surface area contributed by atoms with Gasteiger partial charge in [-0.15, -0.1) is 0 Å². The van der Waals surface area contributed by atoms with Crippen LogP contribution in [-0.4, -0.2) is 35.4 Å². The van der Waals surface area contributed by atoms with Crippen molar-refractivity contribution in [2.45, 2.75) is 6.10 Å². The normalized spacial score (nSPS) is 13.7. The first-order valence-corrected chi connectivity index (χ1v) is 6.37. The second-order valence-electron chi connectivity index (χ2n) is 3.56. The summed E-state index contributed by atoms with van der Waals surface area (Å²) < 4.78 is 12.2. The van der Waals surface area contributed by atoms with Crippen molar-refractivity contribution in [2.75, 3.05) is 0 Å². The van der Waals surface area contributed by atoms with Crippen molar-refractivity contribution >= 4 is 24.6 Å². The average Bonchev–Trinajstić information content (AvgIpc) is 2.70. The zero-order chi connectivity index (χ0) is 13.5. The molecular weight excluding hydrogens is 263 g/mol. The molecule has 2 heterocycles. The van der Waals surface area contributed by atoms with E-state index in [4.69, 9.17) is 14.9 Å². The molecule has 0 aliphatic rings. The number of carbonyl (C=O) groups is 1. The summed E-state index contributed by atoms with van der Waals surface area (Å²) in [4.78, 5) is 32.4. The van der Waals surface area contributed by atoms with Crippen molar-refractivity contribution in [1.82, 2.24) is 9.38 Å². The van der Waals surface area contributed by atoms with E-state index in [2.05, 4.69) is 4.98 Å². The molecule has 1 atom stereocenters. The summed E-state index contributed by atoms with van der Waals surface area (Å²) in [7, 11) is -4.53. The Morgan fingerprint density at radius 3 is 2.61 bits per heavy atom. The van der Waals surface area contributed by atoms with Crippen LogP contribution in [0.3, 0.4) is 0 Å². The average molecular weight is 272 g/mol. The lowest BCUT2D eigenvalue weighted by Crippen LogP contribution is -2.14. The fourth-order valence-corrected chi connectivity index (χ4v) is 2.01. The van der Waals surface area contributed by atoms with Gasteiger partial charge in [-0.2, -0.15) is 0 Å². The van der Waals surface area contributed by atoms with Gasteiger partial charge < -0.3 is 20.0 Å². The molecule has 96 valence electrons. The molecule has 0 fully saturated rings. The van der Waals surface area contributed by atoms with Crippen molar-refractivity contribution in [3.63, 3.8) is 0 Å². The van der Waals surface area contributed by atoms with E-state index in [0.29, 0.717) is 0 Å². The standard InChI is InChI=1S/C9H9N2O6P/c12-8(9(13)14)5-2-1-3-6-10-7(4-11(5)6)18(15,16)17/h1-4,8,12H,(H,13,14)(H2,15,16,17). The maximum Gasteiger partial charge on any atom is 0.376 e. The largest absolute Gasteiger partial charge is 0.479 e. The smallest absolute Gasteiger partial charge is 0.376 e. The van der Waals surface area contributed by atoms with Crippen molar-refractivity contribution in [1.29, 1.82) is 0 Å². The number of fused-ring (bicyclic) bond motifs is 1. The third-order valence-electron chi connectivity index (χ3n) is 2.32. The number of pyridine rings is 1. The first-order valence-electron chi connectivity index (χ1n) is 4.75. The highest BCUT2D eigenvalue weighted by molar-refractivity contribution is 7.60. The first kappa shape index (κ1) is 12.7. The van der Waals surface area contributed by atoms with Crippen LogP contribution in [0.2, 0.25) is 0 Å². The van der Waals surface area contributed by atoms with E-state index < -0.39 is 25.1 Å². The third kappa shape index (κ3) is 2.14. The number of nitrogens with zero attached hydrogens (tertiary/aromatic N) is 2. The molecule has 0 radical (unpaired) electrons. The van der Waals surface area contributed by atoms with Crippen molar-refractivity contribution in [2.24, 2.45) is 0 Å². The second-order valence-corrected chi connectivity index (χ2v) is 5.11. The van der Waals surface area contributed by atoms with E-state index in [9.17, 15) is 14.5 Å². The maximum absolute atomic E-state index is 11.1. The molecule has 1 unspecified atom stereocenters. The number of aliphatic hydroxyl groups is 1. The Morgan fingerprint density at radius 1 is 1.39 bits per heavy atom. The minimum absolute atomic E-state index is 0.0350. The Bertz CT molecular complexity index is 660. The molecule has 9 heteroatoms. The monoisotopic (exact) mass is 272 g/mol. The number of carboxylic acid groups (broad SMARTS) is 1. The lowest BCUT2D eigenvalue weighted by molar-refractivity contribution is -0.147. The predicted octanol–water partition coefficient (Wildman–Crippen LogP) is -0.745. The van der Waals surface area contributed by atoms with Crippen LogP contribution in [0.15, 0.2) is 24.4 Å². The molecule has 0 saturated heterocycles. The highest BCUT2D eigenvalue weighted by Gasteiger charge is 2.24. The SMILES string of the molecule is O=C(O)C(O)c1cccc2nc(P(=O)(O)O)cn12. The summed E-state index contributed by atoms with van der Waals surface area (Å²) in [5.74, 6) is -1.46. The van der Waals surface area contributed by atoms with Crippen LogP contribution in [0.1, 0.15) is 11.8 Å². The Kier molecular flexibility index (Phi) is 2.95. The van der Waals surface area contributed by atoms with Crippen molar-refractivity contribution < 1.29 is 29.4 Å². The Balaban J connectivity index is 2.67. The minimum atomic E-state index is -4.53. The molecule has 0 spiro atoms. The molecule has 0 aliphatic heterocycles. The summed E-state index contributed by atoms with van der Waals surface area (Å²) in [5.41, 5.74) is -0.370. The van der Waals surface area contributed by atoms with Gasteiger partial charge >= 0.3 is 13.6 Å². The lowest BCUT2D eigenvalue weighted by atomic mass is 10.2. The predicted molar refractivity (Wildman–Crippen MR) is 59.5 cm³/mol. The highest BCUT2D eigenvalue weighted by Crippen LogP contribution is 2.32. The maximum atomic E-state index is 11.1. The molecule has 4 N–H and O–H groups in total. The molecule has 0 bridgehead atoms. The van der Waals surface area contributed by atoms with Crippen LogP contribution in [0.25, 0.3) is 5.65 Å². The highest BCUT2D eigenvalue weighted by atomic mass is 31.2. The molecule has 0 saturated carbocycles. The summed E-state index contributed by atoms with van der Waals surface area (Å²) >= 11 is 0. The number of imidazole rings is 1. The van der Waals surface area contributed by atoms with E-state index in [1.54, 1.807) is 0 Å². The number of aliphatic carboxylic acids is 1. The van der Waals surface area contributed by atoms with Gasteiger partial charge in [0.25, 0.3) is 0 Å². The molecule has 2 aromatic heterocycles. The third-order valence-corrected chi connectivity index (χ3v) is 3.14. The molecule has 0 aromatic carbocycles. The van der Waals surface area contributed by atoms with Gasteiger partial charge in [-0.3, -0.25) is 8.97 Å². The van der Waals surface area contributed by atoms with Crippen molar-refractivity contribution in [3.8, 4) is 0 Å². The molecule has 2 rings (SSSR count). The zero-order valence-electron chi connectivity index (χ0n) is 8.83. The van der Waals surface area contributed by atoms with E-state index in [1.165, 1.54) is 18.2 Å². The Morgan fingerprint density at radius 2 is 2.06 bits per heavy atom. The Hall–Kier alpha value is -1.73. The molecular formula is C9H9N2O6P. The quantitative estimate of drug-likeness (QED) is 0.540. The summed E-state index contributed by atoms with van der Waals surface area (Å²) in [6.45, 7) is 0. The van der Waals surface area contributed by atoms with Gasteiger partial charge in [0.05, 0.1) is 5.69 Å². The number of rotatable bonds is 3. The van der Waals surface area contributed by atoms with Crippen molar-refractivity contribution in [3.05, 3.63) is 30.1 Å². The van der Waals surface area contributed by atoms with E-state index in [1.807, 2.05) is 0 Å². The van der Waals surface area contributed by atoms with E-state index in [0.717, 1.165) is 10.6 Å². The summed E-state index contributed by atoms with van der Waals surface area (Å²) in [6.07, 6.45) is -0.787.